The molecule has 0 radical (unpaired) electrons. The van der Waals surface area contributed by atoms with Crippen molar-refractivity contribution in [2.24, 2.45) is 0 Å². The van der Waals surface area contributed by atoms with Gasteiger partial charge in [0, 0.05) is 15.7 Å². The molecule has 0 aromatic heterocycles. The van der Waals surface area contributed by atoms with Gasteiger partial charge in [0.25, 0.3) is 9.05 Å². The lowest BCUT2D eigenvalue weighted by Gasteiger charge is -2.10. The summed E-state index contributed by atoms with van der Waals surface area (Å²) in [7, 11) is 1.59. The summed E-state index contributed by atoms with van der Waals surface area (Å²) in [5, 5.41) is 0.572. The summed E-state index contributed by atoms with van der Waals surface area (Å²) >= 11 is 5.92. The van der Waals surface area contributed by atoms with Crippen LogP contribution in [0.15, 0.2) is 41.3 Å². The third kappa shape index (κ3) is 3.45. The topological polar surface area (TPSA) is 43.4 Å². The number of halogens is 2. The van der Waals surface area contributed by atoms with Crippen molar-refractivity contribution in [1.29, 1.82) is 0 Å². The van der Waals surface area contributed by atoms with Crippen LogP contribution in [0.3, 0.4) is 0 Å². The molecule has 2 aromatic carbocycles. The van der Waals surface area contributed by atoms with Gasteiger partial charge in [0.15, 0.2) is 0 Å². The predicted molar refractivity (Wildman–Crippen MR) is 80.5 cm³/mol. The Balaban J connectivity index is 2.36. The summed E-state index contributed by atoms with van der Waals surface area (Å²) in [4.78, 5) is 0.0781. The molecule has 0 aliphatic heterocycles. The Hall–Kier alpha value is -1.23. The maximum atomic E-state index is 11.3. The third-order valence-electron chi connectivity index (χ3n) is 2.79. The van der Waals surface area contributed by atoms with Gasteiger partial charge >= 0.3 is 0 Å². The lowest BCUT2D eigenvalue weighted by atomic mass is 10.2. The van der Waals surface area contributed by atoms with E-state index < -0.39 is 9.05 Å². The highest BCUT2D eigenvalue weighted by Gasteiger charge is 2.14. The number of benzene rings is 2. The van der Waals surface area contributed by atoms with E-state index in [4.69, 9.17) is 27.0 Å². The van der Waals surface area contributed by atoms with E-state index in [1.54, 1.807) is 31.2 Å². The largest absolute Gasteiger partial charge is 0.457 e. The molecule has 2 aromatic rings. The van der Waals surface area contributed by atoms with Crippen LogP contribution in [0.5, 0.6) is 11.5 Å². The Labute approximate surface area is 127 Å². The first-order valence-electron chi connectivity index (χ1n) is 5.77. The fourth-order valence-corrected chi connectivity index (χ4v) is 3.13. The minimum Gasteiger partial charge on any atom is -0.457 e. The minimum absolute atomic E-state index is 0.0781. The summed E-state index contributed by atoms with van der Waals surface area (Å²) in [6, 6.07) is 9.93. The Morgan fingerprint density at radius 3 is 2.30 bits per heavy atom. The van der Waals surface area contributed by atoms with Crippen molar-refractivity contribution in [2.45, 2.75) is 18.7 Å². The molecule has 0 aliphatic carbocycles. The van der Waals surface area contributed by atoms with Crippen molar-refractivity contribution >= 4 is 31.3 Å². The second kappa shape index (κ2) is 5.64. The van der Waals surface area contributed by atoms with Gasteiger partial charge in [0.05, 0.1) is 4.90 Å². The highest BCUT2D eigenvalue weighted by Crippen LogP contribution is 2.30. The van der Waals surface area contributed by atoms with Crippen molar-refractivity contribution < 1.29 is 13.2 Å². The molecule has 0 unspecified atom stereocenters. The standard InChI is InChI=1S/C14H12Cl2O3S/c1-9-3-4-11(15)8-13(9)19-12-5-6-14(10(2)7-12)20(16,17)18/h3-8H,1-2H3. The van der Waals surface area contributed by atoms with Crippen LogP contribution in [0.4, 0.5) is 0 Å². The summed E-state index contributed by atoms with van der Waals surface area (Å²) in [5.74, 6) is 1.15. The molecule has 0 amide bonds. The molecule has 0 aliphatic rings. The molecule has 0 saturated carbocycles. The van der Waals surface area contributed by atoms with Gasteiger partial charge in [-0.2, -0.15) is 0 Å². The van der Waals surface area contributed by atoms with Crippen LogP contribution in [-0.2, 0) is 9.05 Å². The van der Waals surface area contributed by atoms with Gasteiger partial charge in [-0.1, -0.05) is 17.7 Å². The first kappa shape index (κ1) is 15.2. The van der Waals surface area contributed by atoms with E-state index in [0.717, 1.165) is 5.56 Å². The highest BCUT2D eigenvalue weighted by molar-refractivity contribution is 8.13. The van der Waals surface area contributed by atoms with E-state index in [2.05, 4.69) is 0 Å². The molecule has 0 heterocycles. The van der Waals surface area contributed by atoms with Crippen molar-refractivity contribution in [3.8, 4) is 11.5 Å². The number of hydrogen-bond acceptors (Lipinski definition) is 3. The molecule has 3 nitrogen and oxygen atoms in total. The number of ether oxygens (including phenoxy) is 1. The van der Waals surface area contributed by atoms with E-state index in [0.29, 0.717) is 22.1 Å². The Morgan fingerprint density at radius 2 is 1.70 bits per heavy atom. The molecule has 106 valence electrons. The van der Waals surface area contributed by atoms with E-state index in [-0.39, 0.29) is 4.90 Å². The normalized spacial score (nSPS) is 11.4. The lowest BCUT2D eigenvalue weighted by molar-refractivity contribution is 0.478. The second-order valence-electron chi connectivity index (χ2n) is 4.38. The summed E-state index contributed by atoms with van der Waals surface area (Å²) in [6.07, 6.45) is 0. The number of rotatable bonds is 3. The Morgan fingerprint density at radius 1 is 1.00 bits per heavy atom. The van der Waals surface area contributed by atoms with Crippen molar-refractivity contribution in [3.05, 3.63) is 52.5 Å². The van der Waals surface area contributed by atoms with E-state index >= 15 is 0 Å². The molecule has 20 heavy (non-hydrogen) atoms. The zero-order chi connectivity index (χ0) is 14.9. The second-order valence-corrected chi connectivity index (χ2v) is 7.35. The Bertz CT molecular complexity index is 755. The van der Waals surface area contributed by atoms with Gasteiger partial charge in [-0.3, -0.25) is 0 Å². The smallest absolute Gasteiger partial charge is 0.261 e. The summed E-state index contributed by atoms with van der Waals surface area (Å²) < 4.78 is 28.4. The molecule has 0 N–H and O–H groups in total. The molecular formula is C14H12Cl2O3S. The van der Waals surface area contributed by atoms with Crippen LogP contribution in [0.25, 0.3) is 0 Å². The van der Waals surface area contributed by atoms with Gasteiger partial charge in [-0.15, -0.1) is 0 Å². The van der Waals surface area contributed by atoms with Crippen LogP contribution in [0, 0.1) is 13.8 Å². The SMILES string of the molecule is Cc1ccc(Cl)cc1Oc1ccc(S(=O)(=O)Cl)c(C)c1. The highest BCUT2D eigenvalue weighted by atomic mass is 35.7. The summed E-state index contributed by atoms with van der Waals surface area (Å²) in [6.45, 7) is 3.56. The molecule has 6 heteroatoms. The van der Waals surface area contributed by atoms with E-state index in [1.807, 2.05) is 13.0 Å². The Kier molecular flexibility index (Phi) is 4.28. The number of aryl methyl sites for hydroxylation is 2. The first-order chi connectivity index (χ1) is 9.27. The molecule has 0 fully saturated rings. The molecule has 2 rings (SSSR count). The van der Waals surface area contributed by atoms with Crippen LogP contribution in [-0.4, -0.2) is 8.42 Å². The molecule has 0 spiro atoms. The molecule has 0 bridgehead atoms. The van der Waals surface area contributed by atoms with Crippen molar-refractivity contribution in [3.63, 3.8) is 0 Å². The fraction of sp³-hybridized carbons (Fsp3) is 0.143. The maximum Gasteiger partial charge on any atom is 0.261 e. The van der Waals surface area contributed by atoms with E-state index in [9.17, 15) is 8.42 Å². The van der Waals surface area contributed by atoms with Gasteiger partial charge in [-0.05, 0) is 55.3 Å². The van der Waals surface area contributed by atoms with Gasteiger partial charge < -0.3 is 4.74 Å². The van der Waals surface area contributed by atoms with Crippen LogP contribution < -0.4 is 4.74 Å². The van der Waals surface area contributed by atoms with E-state index in [1.165, 1.54) is 6.07 Å². The fourth-order valence-electron chi connectivity index (χ4n) is 1.77. The lowest BCUT2D eigenvalue weighted by Crippen LogP contribution is -1.95. The van der Waals surface area contributed by atoms with Gasteiger partial charge in [-0.25, -0.2) is 8.42 Å². The van der Waals surface area contributed by atoms with Crippen LogP contribution >= 0.6 is 22.3 Å². The third-order valence-corrected chi connectivity index (χ3v) is 4.50. The van der Waals surface area contributed by atoms with Crippen molar-refractivity contribution in [2.75, 3.05) is 0 Å². The van der Waals surface area contributed by atoms with Crippen LogP contribution in [0.2, 0.25) is 5.02 Å². The minimum atomic E-state index is -3.74. The zero-order valence-corrected chi connectivity index (χ0v) is 13.2. The van der Waals surface area contributed by atoms with Crippen LogP contribution in [0.1, 0.15) is 11.1 Å². The average Bonchev–Trinajstić information content (AvgIpc) is 2.32. The summed E-state index contributed by atoms with van der Waals surface area (Å²) in [5.41, 5.74) is 1.46. The van der Waals surface area contributed by atoms with Gasteiger partial charge in [0.2, 0.25) is 0 Å². The zero-order valence-electron chi connectivity index (χ0n) is 10.9. The molecule has 0 atom stereocenters. The monoisotopic (exact) mass is 330 g/mol. The average molecular weight is 331 g/mol. The molecule has 0 saturated heterocycles. The first-order valence-corrected chi connectivity index (χ1v) is 8.45. The van der Waals surface area contributed by atoms with Crippen molar-refractivity contribution in [1.82, 2.24) is 0 Å². The number of hydrogen-bond donors (Lipinski definition) is 0. The maximum absolute atomic E-state index is 11.3. The predicted octanol–water partition coefficient (Wildman–Crippen LogP) is 4.68. The van der Waals surface area contributed by atoms with Gasteiger partial charge in [0.1, 0.15) is 11.5 Å². The molecular weight excluding hydrogens is 319 g/mol. The quantitative estimate of drug-likeness (QED) is 0.767.